The zero-order valence-corrected chi connectivity index (χ0v) is 14.1. The number of anilines is 1. The van der Waals surface area contributed by atoms with Crippen molar-refractivity contribution in [1.82, 2.24) is 20.0 Å². The fourth-order valence-electron chi connectivity index (χ4n) is 3.24. The second-order valence-electron chi connectivity index (χ2n) is 6.33. The smallest absolute Gasteiger partial charge is 0.319 e. The lowest BCUT2D eigenvalue weighted by Gasteiger charge is -2.33. The Bertz CT molecular complexity index is 654. The highest BCUT2D eigenvalue weighted by Gasteiger charge is 2.20. The van der Waals surface area contributed by atoms with Crippen molar-refractivity contribution in [2.75, 3.05) is 31.5 Å². The third kappa shape index (κ3) is 4.58. The van der Waals surface area contributed by atoms with E-state index in [2.05, 4.69) is 51.0 Å². The Labute approximate surface area is 142 Å². The first kappa shape index (κ1) is 16.5. The first-order valence-electron chi connectivity index (χ1n) is 8.51. The second kappa shape index (κ2) is 7.97. The summed E-state index contributed by atoms with van der Waals surface area (Å²) in [5.41, 5.74) is 2.13. The molecule has 1 aliphatic rings. The molecule has 2 heterocycles. The van der Waals surface area contributed by atoms with Crippen LogP contribution in [0.5, 0.6) is 0 Å². The van der Waals surface area contributed by atoms with Crippen LogP contribution in [0.15, 0.2) is 42.7 Å². The van der Waals surface area contributed by atoms with Crippen molar-refractivity contribution in [2.45, 2.75) is 18.8 Å². The molecule has 24 heavy (non-hydrogen) atoms. The van der Waals surface area contributed by atoms with Gasteiger partial charge >= 0.3 is 6.03 Å². The largest absolute Gasteiger partial charge is 0.337 e. The van der Waals surface area contributed by atoms with E-state index in [9.17, 15) is 4.79 Å². The van der Waals surface area contributed by atoms with E-state index in [0.717, 1.165) is 19.6 Å². The van der Waals surface area contributed by atoms with Crippen LogP contribution in [0.1, 0.15) is 24.3 Å². The molecule has 1 aromatic carbocycles. The zero-order valence-electron chi connectivity index (χ0n) is 14.1. The van der Waals surface area contributed by atoms with E-state index in [1.807, 2.05) is 7.05 Å². The van der Waals surface area contributed by atoms with E-state index >= 15 is 0 Å². The molecule has 2 aromatic rings. The van der Waals surface area contributed by atoms with Gasteiger partial charge in [-0.25, -0.2) is 4.79 Å². The molecule has 6 heteroatoms. The van der Waals surface area contributed by atoms with Gasteiger partial charge in [0.25, 0.3) is 0 Å². The number of nitrogens with zero attached hydrogens (tertiary/aromatic N) is 3. The molecule has 0 spiro atoms. The number of nitrogens with one attached hydrogen (secondary N) is 2. The summed E-state index contributed by atoms with van der Waals surface area (Å²) in [5, 5.41) is 9.72. The minimum absolute atomic E-state index is 0.181. The lowest BCUT2D eigenvalue weighted by Crippen LogP contribution is -2.41. The quantitative estimate of drug-likeness (QED) is 0.886. The molecule has 128 valence electrons. The molecular formula is C18H25N5O. The van der Waals surface area contributed by atoms with Crippen LogP contribution in [0, 0.1) is 0 Å². The molecule has 1 saturated heterocycles. The van der Waals surface area contributed by atoms with E-state index in [0.29, 0.717) is 18.2 Å². The highest BCUT2D eigenvalue weighted by Crippen LogP contribution is 2.26. The van der Waals surface area contributed by atoms with Crippen molar-refractivity contribution in [1.29, 1.82) is 0 Å². The SMILES string of the molecule is Cn1cc(NC(=O)NCCN2CCC[C@@H](c3ccccc3)C2)cn1. The maximum atomic E-state index is 11.9. The maximum absolute atomic E-state index is 11.9. The number of urea groups is 1. The average molecular weight is 327 g/mol. The van der Waals surface area contributed by atoms with Gasteiger partial charge in [0, 0.05) is 32.9 Å². The lowest BCUT2D eigenvalue weighted by atomic mass is 9.91. The molecule has 0 unspecified atom stereocenters. The van der Waals surface area contributed by atoms with Crippen LogP contribution < -0.4 is 10.6 Å². The van der Waals surface area contributed by atoms with E-state index < -0.39 is 0 Å². The molecule has 1 atom stereocenters. The van der Waals surface area contributed by atoms with Gasteiger partial charge in [-0.3, -0.25) is 4.68 Å². The Kier molecular flexibility index (Phi) is 5.48. The van der Waals surface area contributed by atoms with E-state index in [-0.39, 0.29) is 6.03 Å². The van der Waals surface area contributed by atoms with Gasteiger partial charge in [0.15, 0.2) is 0 Å². The number of piperidine rings is 1. The Morgan fingerprint density at radius 1 is 1.33 bits per heavy atom. The third-order valence-electron chi connectivity index (χ3n) is 4.45. The molecule has 1 fully saturated rings. The number of likely N-dealkylation sites (tertiary alicyclic amines) is 1. The predicted molar refractivity (Wildman–Crippen MR) is 95.1 cm³/mol. The number of carbonyl (C=O) groups is 1. The number of aromatic nitrogens is 2. The summed E-state index contributed by atoms with van der Waals surface area (Å²) in [6.07, 6.45) is 5.86. The Hall–Kier alpha value is -2.34. The van der Waals surface area contributed by atoms with Crippen molar-refractivity contribution in [3.05, 3.63) is 48.3 Å². The molecule has 6 nitrogen and oxygen atoms in total. The number of hydrogen-bond donors (Lipinski definition) is 2. The van der Waals surface area contributed by atoms with Crippen LogP contribution in [0.3, 0.4) is 0 Å². The number of carbonyl (C=O) groups excluding carboxylic acids is 1. The van der Waals surface area contributed by atoms with E-state index in [4.69, 9.17) is 0 Å². The highest BCUT2D eigenvalue weighted by atomic mass is 16.2. The zero-order chi connectivity index (χ0) is 16.8. The highest BCUT2D eigenvalue weighted by molar-refractivity contribution is 5.88. The van der Waals surface area contributed by atoms with Crippen LogP contribution in [-0.2, 0) is 7.05 Å². The van der Waals surface area contributed by atoms with Gasteiger partial charge in [-0.2, -0.15) is 5.10 Å². The molecule has 2 N–H and O–H groups in total. The average Bonchev–Trinajstić information content (AvgIpc) is 3.01. The first-order valence-corrected chi connectivity index (χ1v) is 8.51. The van der Waals surface area contributed by atoms with Gasteiger partial charge < -0.3 is 15.5 Å². The molecule has 3 rings (SSSR count). The fraction of sp³-hybridized carbons (Fsp3) is 0.444. The third-order valence-corrected chi connectivity index (χ3v) is 4.45. The van der Waals surface area contributed by atoms with Crippen molar-refractivity contribution in [3.63, 3.8) is 0 Å². The van der Waals surface area contributed by atoms with Crippen molar-refractivity contribution in [2.24, 2.45) is 7.05 Å². The number of amides is 2. The summed E-state index contributed by atoms with van der Waals surface area (Å²) in [7, 11) is 1.82. The van der Waals surface area contributed by atoms with Gasteiger partial charge in [-0.1, -0.05) is 30.3 Å². The second-order valence-corrected chi connectivity index (χ2v) is 6.33. The number of hydrogen-bond acceptors (Lipinski definition) is 3. The summed E-state index contributed by atoms with van der Waals surface area (Å²) in [5.74, 6) is 0.601. The van der Waals surface area contributed by atoms with Crippen LogP contribution >= 0.6 is 0 Å². The molecule has 0 aliphatic carbocycles. The maximum Gasteiger partial charge on any atom is 0.319 e. The minimum atomic E-state index is -0.181. The van der Waals surface area contributed by atoms with Crippen molar-refractivity contribution in [3.8, 4) is 0 Å². The topological polar surface area (TPSA) is 62.2 Å². The summed E-state index contributed by atoms with van der Waals surface area (Å²) in [4.78, 5) is 14.3. The Balaban J connectivity index is 1.40. The van der Waals surface area contributed by atoms with Crippen LogP contribution in [-0.4, -0.2) is 46.9 Å². The Morgan fingerprint density at radius 2 is 2.17 bits per heavy atom. The van der Waals surface area contributed by atoms with Gasteiger partial charge in [-0.05, 0) is 30.9 Å². The number of benzene rings is 1. The summed E-state index contributed by atoms with van der Waals surface area (Å²) >= 11 is 0. The van der Waals surface area contributed by atoms with Crippen LogP contribution in [0.4, 0.5) is 10.5 Å². The van der Waals surface area contributed by atoms with Gasteiger partial charge in [0.2, 0.25) is 0 Å². The molecule has 0 bridgehead atoms. The predicted octanol–water partition coefficient (Wildman–Crippen LogP) is 2.42. The standard InChI is InChI=1S/C18H25N5O/c1-22-14-17(12-20-22)21-18(24)19-9-11-23-10-5-8-16(13-23)15-6-3-2-4-7-15/h2-4,6-7,12,14,16H,5,8-11,13H2,1H3,(H2,19,21,24)/t16-/m1/s1. The number of rotatable bonds is 5. The van der Waals surface area contributed by atoms with Gasteiger partial charge in [0.1, 0.15) is 0 Å². The number of aryl methyl sites for hydroxylation is 1. The summed E-state index contributed by atoms with van der Waals surface area (Å²) < 4.78 is 1.66. The molecule has 1 aliphatic heterocycles. The molecule has 0 radical (unpaired) electrons. The lowest BCUT2D eigenvalue weighted by molar-refractivity contribution is 0.207. The van der Waals surface area contributed by atoms with E-state index in [1.54, 1.807) is 17.1 Å². The van der Waals surface area contributed by atoms with Crippen LogP contribution in [0.2, 0.25) is 0 Å². The van der Waals surface area contributed by atoms with Gasteiger partial charge in [0.05, 0.1) is 11.9 Å². The van der Waals surface area contributed by atoms with E-state index in [1.165, 1.54) is 18.4 Å². The minimum Gasteiger partial charge on any atom is -0.337 e. The Morgan fingerprint density at radius 3 is 2.92 bits per heavy atom. The summed E-state index contributed by atoms with van der Waals surface area (Å²) in [6, 6.07) is 10.5. The molecule has 2 amide bonds. The molecular weight excluding hydrogens is 302 g/mol. The van der Waals surface area contributed by atoms with Crippen molar-refractivity contribution < 1.29 is 4.79 Å². The van der Waals surface area contributed by atoms with Gasteiger partial charge in [-0.15, -0.1) is 0 Å². The van der Waals surface area contributed by atoms with Crippen LogP contribution in [0.25, 0.3) is 0 Å². The monoisotopic (exact) mass is 327 g/mol. The molecule has 1 aromatic heterocycles. The van der Waals surface area contributed by atoms with Crippen molar-refractivity contribution >= 4 is 11.7 Å². The first-order chi connectivity index (χ1) is 11.7. The molecule has 0 saturated carbocycles. The summed E-state index contributed by atoms with van der Waals surface area (Å²) in [6.45, 7) is 3.70. The normalized spacial score (nSPS) is 18.3. The fourth-order valence-corrected chi connectivity index (χ4v) is 3.24.